The molecule has 0 bridgehead atoms. The van der Waals surface area contributed by atoms with E-state index in [4.69, 9.17) is 18.9 Å². The maximum atomic E-state index is 12.5. The fourth-order valence-electron chi connectivity index (χ4n) is 3.28. The summed E-state index contributed by atoms with van der Waals surface area (Å²) in [5, 5.41) is 3.08. The van der Waals surface area contributed by atoms with Crippen molar-refractivity contribution in [3.8, 4) is 11.5 Å². The van der Waals surface area contributed by atoms with Crippen LogP contribution in [0.25, 0.3) is 0 Å². The number of esters is 2. The standard InChI is InChI=1S/C21H27NO6/c1-7-10-28-15-9-8-14(11-16(15)25-4)19-17(20(23)26-5)12(2)22-13(3)18(19)21(24)27-6/h8-9,11,19,22H,7,10H2,1-6H3. The molecular weight excluding hydrogens is 362 g/mol. The Kier molecular flexibility index (Phi) is 7.09. The van der Waals surface area contributed by atoms with Gasteiger partial charge in [0.25, 0.3) is 0 Å². The van der Waals surface area contributed by atoms with Crippen LogP contribution < -0.4 is 14.8 Å². The number of allylic oxidation sites excluding steroid dienone is 2. The highest BCUT2D eigenvalue weighted by molar-refractivity contribution is 5.99. The zero-order valence-corrected chi connectivity index (χ0v) is 17.2. The summed E-state index contributed by atoms with van der Waals surface area (Å²) in [5.41, 5.74) is 2.62. The van der Waals surface area contributed by atoms with Crippen molar-refractivity contribution in [2.75, 3.05) is 27.9 Å². The predicted molar refractivity (Wildman–Crippen MR) is 104 cm³/mol. The van der Waals surface area contributed by atoms with Gasteiger partial charge in [0.1, 0.15) is 0 Å². The van der Waals surface area contributed by atoms with Gasteiger partial charge in [-0.05, 0) is 38.0 Å². The third-order valence-corrected chi connectivity index (χ3v) is 4.55. The van der Waals surface area contributed by atoms with Gasteiger partial charge in [0.2, 0.25) is 0 Å². The number of ether oxygens (including phenoxy) is 4. The van der Waals surface area contributed by atoms with E-state index in [2.05, 4.69) is 5.32 Å². The molecule has 1 aliphatic rings. The molecule has 0 amide bonds. The monoisotopic (exact) mass is 389 g/mol. The Balaban J connectivity index is 2.65. The summed E-state index contributed by atoms with van der Waals surface area (Å²) in [6.45, 7) is 6.11. The Bertz CT molecular complexity index is 786. The molecule has 0 saturated heterocycles. The summed E-state index contributed by atoms with van der Waals surface area (Å²) in [7, 11) is 4.17. The molecule has 1 aliphatic heterocycles. The molecular formula is C21H27NO6. The highest BCUT2D eigenvalue weighted by Crippen LogP contribution is 2.41. The summed E-state index contributed by atoms with van der Waals surface area (Å²) in [4.78, 5) is 25.1. The minimum absolute atomic E-state index is 0.345. The first-order valence-electron chi connectivity index (χ1n) is 9.05. The second-order valence-electron chi connectivity index (χ2n) is 6.38. The normalized spacial score (nSPS) is 14.5. The number of hydrogen-bond donors (Lipinski definition) is 1. The highest BCUT2D eigenvalue weighted by Gasteiger charge is 2.37. The van der Waals surface area contributed by atoms with Crippen LogP contribution in [0.4, 0.5) is 0 Å². The first kappa shape index (κ1) is 21.3. The molecule has 0 fully saturated rings. The summed E-state index contributed by atoms with van der Waals surface area (Å²) < 4.78 is 21.1. The van der Waals surface area contributed by atoms with Crippen LogP contribution in [0.5, 0.6) is 11.5 Å². The quantitative estimate of drug-likeness (QED) is 0.718. The van der Waals surface area contributed by atoms with E-state index in [-0.39, 0.29) is 0 Å². The highest BCUT2D eigenvalue weighted by atomic mass is 16.5. The van der Waals surface area contributed by atoms with Gasteiger partial charge < -0.3 is 24.3 Å². The molecule has 0 saturated carbocycles. The van der Waals surface area contributed by atoms with Gasteiger partial charge in [-0.25, -0.2) is 9.59 Å². The van der Waals surface area contributed by atoms with Gasteiger partial charge in [0.05, 0.1) is 45.0 Å². The third-order valence-electron chi connectivity index (χ3n) is 4.55. The Morgan fingerprint density at radius 2 is 1.54 bits per heavy atom. The van der Waals surface area contributed by atoms with Crippen molar-refractivity contribution in [3.63, 3.8) is 0 Å². The largest absolute Gasteiger partial charge is 0.493 e. The molecule has 0 spiro atoms. The Hall–Kier alpha value is -2.96. The van der Waals surface area contributed by atoms with Gasteiger partial charge in [0.15, 0.2) is 11.5 Å². The zero-order valence-electron chi connectivity index (χ0n) is 17.2. The topological polar surface area (TPSA) is 83.1 Å². The number of methoxy groups -OCH3 is 3. The van der Waals surface area contributed by atoms with Gasteiger partial charge in [-0.3, -0.25) is 0 Å². The Labute approximate surface area is 165 Å². The molecule has 2 rings (SSSR count). The van der Waals surface area contributed by atoms with Gasteiger partial charge in [0, 0.05) is 11.4 Å². The number of dihydropyridines is 1. The molecule has 1 N–H and O–H groups in total. The lowest BCUT2D eigenvalue weighted by molar-refractivity contribution is -0.137. The number of carbonyl (C=O) groups excluding carboxylic acids is 2. The lowest BCUT2D eigenvalue weighted by Crippen LogP contribution is -2.32. The SMILES string of the molecule is CCCOc1ccc(C2C(C(=O)OC)=C(C)NC(C)=C2C(=O)OC)cc1OC. The summed E-state index contributed by atoms with van der Waals surface area (Å²) in [6.07, 6.45) is 0.863. The van der Waals surface area contributed by atoms with E-state index in [1.165, 1.54) is 14.2 Å². The summed E-state index contributed by atoms with van der Waals surface area (Å²) >= 11 is 0. The van der Waals surface area contributed by atoms with Crippen molar-refractivity contribution in [1.29, 1.82) is 0 Å². The van der Waals surface area contributed by atoms with Crippen LogP contribution in [0.3, 0.4) is 0 Å². The van der Waals surface area contributed by atoms with E-state index in [0.717, 1.165) is 6.42 Å². The predicted octanol–water partition coefficient (Wildman–Crippen LogP) is 3.06. The molecule has 7 nitrogen and oxygen atoms in total. The average Bonchev–Trinajstić information content (AvgIpc) is 2.70. The van der Waals surface area contributed by atoms with Crippen molar-refractivity contribution in [2.24, 2.45) is 0 Å². The molecule has 0 radical (unpaired) electrons. The minimum Gasteiger partial charge on any atom is -0.493 e. The second kappa shape index (κ2) is 9.30. The van der Waals surface area contributed by atoms with Crippen LogP contribution >= 0.6 is 0 Å². The first-order chi connectivity index (χ1) is 13.4. The smallest absolute Gasteiger partial charge is 0.336 e. The maximum absolute atomic E-state index is 12.5. The van der Waals surface area contributed by atoms with E-state index in [1.807, 2.05) is 13.0 Å². The minimum atomic E-state index is -0.657. The van der Waals surface area contributed by atoms with Crippen molar-refractivity contribution in [3.05, 3.63) is 46.3 Å². The lowest BCUT2D eigenvalue weighted by Gasteiger charge is -2.30. The van der Waals surface area contributed by atoms with Gasteiger partial charge >= 0.3 is 11.9 Å². The van der Waals surface area contributed by atoms with Gasteiger partial charge in [-0.15, -0.1) is 0 Å². The van der Waals surface area contributed by atoms with Gasteiger partial charge in [-0.1, -0.05) is 13.0 Å². The third kappa shape index (κ3) is 4.13. The number of nitrogens with one attached hydrogen (secondary N) is 1. The maximum Gasteiger partial charge on any atom is 0.336 e. The van der Waals surface area contributed by atoms with E-state index < -0.39 is 17.9 Å². The van der Waals surface area contributed by atoms with Crippen LogP contribution in [-0.4, -0.2) is 39.9 Å². The van der Waals surface area contributed by atoms with E-state index in [1.54, 1.807) is 33.1 Å². The number of benzene rings is 1. The molecule has 1 aromatic rings. The van der Waals surface area contributed by atoms with Crippen LogP contribution in [0.2, 0.25) is 0 Å². The molecule has 152 valence electrons. The Morgan fingerprint density at radius 3 is 2.00 bits per heavy atom. The molecule has 0 aliphatic carbocycles. The van der Waals surface area contributed by atoms with Gasteiger partial charge in [-0.2, -0.15) is 0 Å². The van der Waals surface area contributed by atoms with Crippen molar-refractivity contribution in [2.45, 2.75) is 33.1 Å². The lowest BCUT2D eigenvalue weighted by atomic mass is 9.80. The number of carbonyl (C=O) groups is 2. The number of hydrogen-bond acceptors (Lipinski definition) is 7. The van der Waals surface area contributed by atoms with Crippen LogP contribution in [-0.2, 0) is 19.1 Å². The molecule has 0 aromatic heterocycles. The zero-order chi connectivity index (χ0) is 20.8. The summed E-state index contributed by atoms with van der Waals surface area (Å²) in [5.74, 6) is -0.575. The van der Waals surface area contributed by atoms with Crippen LogP contribution in [0, 0.1) is 0 Å². The van der Waals surface area contributed by atoms with Crippen LogP contribution in [0.1, 0.15) is 38.7 Å². The molecule has 1 aromatic carbocycles. The summed E-state index contributed by atoms with van der Waals surface area (Å²) in [6, 6.07) is 5.36. The first-order valence-corrected chi connectivity index (χ1v) is 9.05. The average molecular weight is 389 g/mol. The fourth-order valence-corrected chi connectivity index (χ4v) is 3.28. The van der Waals surface area contributed by atoms with E-state index in [9.17, 15) is 9.59 Å². The Morgan fingerprint density at radius 1 is 0.964 bits per heavy atom. The molecule has 28 heavy (non-hydrogen) atoms. The number of rotatable bonds is 7. The van der Waals surface area contributed by atoms with E-state index in [0.29, 0.717) is 46.2 Å². The van der Waals surface area contributed by atoms with Crippen LogP contribution in [0.15, 0.2) is 40.7 Å². The molecule has 1 heterocycles. The molecule has 0 unspecified atom stereocenters. The van der Waals surface area contributed by atoms with Crippen molar-refractivity contribution in [1.82, 2.24) is 5.32 Å². The van der Waals surface area contributed by atoms with Crippen molar-refractivity contribution >= 4 is 11.9 Å². The fraction of sp³-hybridized carbons (Fsp3) is 0.429. The molecule has 7 heteroatoms. The van der Waals surface area contributed by atoms with E-state index >= 15 is 0 Å². The molecule has 0 atom stereocenters. The van der Waals surface area contributed by atoms with Crippen molar-refractivity contribution < 1.29 is 28.5 Å². The second-order valence-corrected chi connectivity index (χ2v) is 6.38.